The van der Waals surface area contributed by atoms with Crippen molar-refractivity contribution in [1.29, 1.82) is 0 Å². The van der Waals surface area contributed by atoms with Crippen LogP contribution in [-0.4, -0.2) is 24.0 Å². The van der Waals surface area contributed by atoms with Crippen LogP contribution < -0.4 is 15.4 Å². The molecule has 0 bridgehead atoms. The Morgan fingerprint density at radius 3 is 2.54 bits per heavy atom. The number of methoxy groups -OCH3 is 1. The van der Waals surface area contributed by atoms with Crippen molar-refractivity contribution in [2.75, 3.05) is 17.7 Å². The molecule has 6 heteroatoms. The van der Waals surface area contributed by atoms with Crippen LogP contribution in [0.2, 0.25) is 0 Å². The van der Waals surface area contributed by atoms with Gasteiger partial charge in [0.25, 0.3) is 0 Å². The monoisotopic (exact) mass is 367 g/mol. The standard InChI is InChI=1S/C20H21N3O2S/c1-13(20(24)23-17-6-4-5-7-19(17)25-3)21-16-10-8-15(9-11-16)18-12-26-14(2)22-18/h4-13,21H,1-3H3,(H,23,24). The smallest absolute Gasteiger partial charge is 0.246 e. The van der Waals surface area contributed by atoms with Crippen molar-refractivity contribution >= 4 is 28.6 Å². The van der Waals surface area contributed by atoms with Gasteiger partial charge in [0.15, 0.2) is 0 Å². The van der Waals surface area contributed by atoms with Gasteiger partial charge in [0.2, 0.25) is 5.91 Å². The molecule has 1 amide bonds. The van der Waals surface area contributed by atoms with Crippen LogP contribution in [0.1, 0.15) is 11.9 Å². The number of aromatic nitrogens is 1. The maximum absolute atomic E-state index is 12.4. The first-order valence-corrected chi connectivity index (χ1v) is 9.18. The Morgan fingerprint density at radius 2 is 1.88 bits per heavy atom. The van der Waals surface area contributed by atoms with E-state index in [-0.39, 0.29) is 5.91 Å². The minimum atomic E-state index is -0.396. The SMILES string of the molecule is COc1ccccc1NC(=O)C(C)Nc1ccc(-c2csc(C)n2)cc1. The van der Waals surface area contributed by atoms with Gasteiger partial charge in [0.1, 0.15) is 11.8 Å². The number of rotatable bonds is 6. The van der Waals surface area contributed by atoms with Gasteiger partial charge in [-0.15, -0.1) is 11.3 Å². The Hall–Kier alpha value is -2.86. The molecule has 0 spiro atoms. The number of hydrogen-bond donors (Lipinski definition) is 2. The highest BCUT2D eigenvalue weighted by Gasteiger charge is 2.14. The number of aryl methyl sites for hydroxylation is 1. The summed E-state index contributed by atoms with van der Waals surface area (Å²) in [5, 5.41) is 9.19. The van der Waals surface area contributed by atoms with Gasteiger partial charge in [-0.3, -0.25) is 4.79 Å². The molecule has 0 radical (unpaired) electrons. The minimum absolute atomic E-state index is 0.131. The zero-order chi connectivity index (χ0) is 18.5. The summed E-state index contributed by atoms with van der Waals surface area (Å²) in [6.45, 7) is 3.81. The molecule has 5 nitrogen and oxygen atoms in total. The Bertz CT molecular complexity index is 890. The number of benzene rings is 2. The largest absolute Gasteiger partial charge is 0.495 e. The van der Waals surface area contributed by atoms with Gasteiger partial charge >= 0.3 is 0 Å². The third-order valence-electron chi connectivity index (χ3n) is 3.94. The summed E-state index contributed by atoms with van der Waals surface area (Å²) < 4.78 is 5.26. The lowest BCUT2D eigenvalue weighted by atomic mass is 10.1. The van der Waals surface area contributed by atoms with Crippen molar-refractivity contribution in [2.45, 2.75) is 19.9 Å². The summed E-state index contributed by atoms with van der Waals surface area (Å²) in [7, 11) is 1.58. The molecule has 1 unspecified atom stereocenters. The molecule has 3 rings (SSSR count). The first-order chi connectivity index (χ1) is 12.6. The molecule has 0 aliphatic rings. The number of amides is 1. The van der Waals surface area contributed by atoms with E-state index >= 15 is 0 Å². The Labute approximate surface area is 157 Å². The summed E-state index contributed by atoms with van der Waals surface area (Å²) in [4.78, 5) is 16.9. The normalized spacial score (nSPS) is 11.7. The number of carbonyl (C=O) groups excluding carboxylic acids is 1. The van der Waals surface area contributed by atoms with Gasteiger partial charge in [-0.05, 0) is 38.1 Å². The van der Waals surface area contributed by atoms with Gasteiger partial charge in [-0.2, -0.15) is 0 Å². The Balaban J connectivity index is 1.63. The molecule has 2 N–H and O–H groups in total. The molecular formula is C20H21N3O2S. The highest BCUT2D eigenvalue weighted by Crippen LogP contribution is 2.25. The lowest BCUT2D eigenvalue weighted by Crippen LogP contribution is -2.31. The molecule has 134 valence electrons. The molecule has 26 heavy (non-hydrogen) atoms. The average molecular weight is 367 g/mol. The summed E-state index contributed by atoms with van der Waals surface area (Å²) in [6, 6.07) is 14.9. The van der Waals surface area contributed by atoms with Crippen LogP contribution in [0, 0.1) is 6.92 Å². The van der Waals surface area contributed by atoms with Crippen molar-refractivity contribution in [1.82, 2.24) is 4.98 Å². The Kier molecular flexibility index (Phi) is 5.53. The lowest BCUT2D eigenvalue weighted by molar-refractivity contribution is -0.116. The molecule has 0 saturated heterocycles. The quantitative estimate of drug-likeness (QED) is 0.670. The fraction of sp³-hybridized carbons (Fsp3) is 0.200. The molecule has 2 aromatic carbocycles. The molecule has 0 aliphatic heterocycles. The predicted molar refractivity (Wildman–Crippen MR) is 107 cm³/mol. The summed E-state index contributed by atoms with van der Waals surface area (Å²) in [5.41, 5.74) is 3.57. The first kappa shape index (κ1) is 17.9. The molecule has 0 saturated carbocycles. The van der Waals surface area contributed by atoms with Crippen molar-refractivity contribution in [3.8, 4) is 17.0 Å². The number of nitrogens with zero attached hydrogens (tertiary/aromatic N) is 1. The van der Waals surface area contributed by atoms with Crippen LogP contribution in [-0.2, 0) is 4.79 Å². The van der Waals surface area contributed by atoms with Gasteiger partial charge in [-0.1, -0.05) is 24.3 Å². The number of para-hydroxylation sites is 2. The van der Waals surface area contributed by atoms with E-state index in [9.17, 15) is 4.79 Å². The van der Waals surface area contributed by atoms with E-state index < -0.39 is 6.04 Å². The van der Waals surface area contributed by atoms with E-state index in [1.807, 2.05) is 67.8 Å². The molecule has 1 aromatic heterocycles. The van der Waals surface area contributed by atoms with Crippen LogP contribution in [0.15, 0.2) is 53.9 Å². The van der Waals surface area contributed by atoms with E-state index in [0.29, 0.717) is 11.4 Å². The van der Waals surface area contributed by atoms with E-state index in [0.717, 1.165) is 22.0 Å². The third kappa shape index (κ3) is 4.21. The zero-order valence-electron chi connectivity index (χ0n) is 14.9. The maximum Gasteiger partial charge on any atom is 0.246 e. The van der Waals surface area contributed by atoms with Crippen LogP contribution in [0.3, 0.4) is 0 Å². The van der Waals surface area contributed by atoms with E-state index in [1.165, 1.54) is 0 Å². The second-order valence-corrected chi connectivity index (χ2v) is 6.95. The predicted octanol–water partition coefficient (Wildman–Crippen LogP) is 4.57. The van der Waals surface area contributed by atoms with E-state index in [1.54, 1.807) is 18.4 Å². The lowest BCUT2D eigenvalue weighted by Gasteiger charge is -2.16. The van der Waals surface area contributed by atoms with Crippen LogP contribution >= 0.6 is 11.3 Å². The number of carbonyl (C=O) groups is 1. The first-order valence-electron chi connectivity index (χ1n) is 8.30. The number of nitrogens with one attached hydrogen (secondary N) is 2. The second kappa shape index (κ2) is 8.01. The maximum atomic E-state index is 12.4. The fourth-order valence-corrected chi connectivity index (χ4v) is 3.16. The number of anilines is 2. The molecule has 3 aromatic rings. The summed E-state index contributed by atoms with van der Waals surface area (Å²) in [6.07, 6.45) is 0. The fourth-order valence-electron chi connectivity index (χ4n) is 2.54. The number of hydrogen-bond acceptors (Lipinski definition) is 5. The highest BCUT2D eigenvalue weighted by molar-refractivity contribution is 7.09. The summed E-state index contributed by atoms with van der Waals surface area (Å²) >= 11 is 1.63. The highest BCUT2D eigenvalue weighted by atomic mass is 32.1. The Morgan fingerprint density at radius 1 is 1.15 bits per heavy atom. The second-order valence-electron chi connectivity index (χ2n) is 5.88. The zero-order valence-corrected chi connectivity index (χ0v) is 15.8. The van der Waals surface area contributed by atoms with Gasteiger partial charge in [-0.25, -0.2) is 4.98 Å². The topological polar surface area (TPSA) is 63.2 Å². The van der Waals surface area contributed by atoms with Gasteiger partial charge in [0.05, 0.1) is 23.5 Å². The molecule has 1 atom stereocenters. The summed E-state index contributed by atoms with van der Waals surface area (Å²) in [5.74, 6) is 0.504. The van der Waals surface area contributed by atoms with E-state index in [4.69, 9.17) is 4.74 Å². The van der Waals surface area contributed by atoms with Crippen LogP contribution in [0.5, 0.6) is 5.75 Å². The molecule has 0 aliphatic carbocycles. The van der Waals surface area contributed by atoms with Crippen molar-refractivity contribution in [3.05, 3.63) is 58.9 Å². The number of thiazole rings is 1. The molecule has 1 heterocycles. The number of ether oxygens (including phenoxy) is 1. The average Bonchev–Trinajstić information content (AvgIpc) is 3.09. The van der Waals surface area contributed by atoms with Crippen molar-refractivity contribution in [3.63, 3.8) is 0 Å². The van der Waals surface area contributed by atoms with Gasteiger partial charge < -0.3 is 15.4 Å². The van der Waals surface area contributed by atoms with Gasteiger partial charge in [0, 0.05) is 16.6 Å². The van der Waals surface area contributed by atoms with Crippen LogP contribution in [0.25, 0.3) is 11.3 Å². The van der Waals surface area contributed by atoms with E-state index in [2.05, 4.69) is 15.6 Å². The van der Waals surface area contributed by atoms with Crippen LogP contribution in [0.4, 0.5) is 11.4 Å². The molecular weight excluding hydrogens is 346 g/mol. The van der Waals surface area contributed by atoms with Crippen molar-refractivity contribution in [2.24, 2.45) is 0 Å². The molecule has 0 fully saturated rings. The van der Waals surface area contributed by atoms with Crippen molar-refractivity contribution < 1.29 is 9.53 Å². The minimum Gasteiger partial charge on any atom is -0.495 e. The third-order valence-corrected chi connectivity index (χ3v) is 4.71.